The number of nitrogens with one attached hydrogen (secondary N) is 1. The molecule has 1 amide bonds. The number of ether oxygens (including phenoxy) is 1. The number of carbonyl (C=O) groups is 2. The van der Waals surface area contributed by atoms with Gasteiger partial charge in [-0.25, -0.2) is 4.79 Å². The minimum atomic E-state index is -0.679. The molecule has 2 aromatic carbocycles. The van der Waals surface area contributed by atoms with Gasteiger partial charge in [0.25, 0.3) is 5.91 Å². The number of halogens is 3. The zero-order valence-corrected chi connectivity index (χ0v) is 15.1. The van der Waals surface area contributed by atoms with Crippen molar-refractivity contribution in [2.75, 3.05) is 11.9 Å². The van der Waals surface area contributed by atoms with Crippen molar-refractivity contribution < 1.29 is 14.3 Å². The minimum Gasteiger partial charge on any atom is -0.452 e. The van der Waals surface area contributed by atoms with Gasteiger partial charge < -0.3 is 10.1 Å². The lowest BCUT2D eigenvalue weighted by Gasteiger charge is -2.09. The van der Waals surface area contributed by atoms with E-state index in [0.717, 1.165) is 5.56 Å². The first-order valence-electron chi connectivity index (χ1n) is 6.55. The van der Waals surface area contributed by atoms with Crippen LogP contribution in [-0.2, 0) is 9.53 Å². The van der Waals surface area contributed by atoms with Gasteiger partial charge in [-0.3, -0.25) is 4.79 Å². The number of aryl methyl sites for hydroxylation is 1. The fraction of sp³-hybridized carbons (Fsp3) is 0.125. The summed E-state index contributed by atoms with van der Waals surface area (Å²) >= 11 is 15.2. The van der Waals surface area contributed by atoms with Crippen molar-refractivity contribution in [3.8, 4) is 0 Å². The van der Waals surface area contributed by atoms with Crippen LogP contribution in [0.25, 0.3) is 0 Å². The molecular formula is C16H12BrCl2NO3. The van der Waals surface area contributed by atoms with Crippen molar-refractivity contribution in [3.63, 3.8) is 0 Å². The average Bonchev–Trinajstić information content (AvgIpc) is 2.50. The minimum absolute atomic E-state index is 0.183. The molecule has 7 heteroatoms. The zero-order chi connectivity index (χ0) is 17.0. The van der Waals surface area contributed by atoms with Crippen LogP contribution in [0.1, 0.15) is 15.9 Å². The number of amides is 1. The fourth-order valence-corrected chi connectivity index (χ4v) is 2.61. The van der Waals surface area contributed by atoms with Crippen LogP contribution in [-0.4, -0.2) is 18.5 Å². The molecule has 0 aliphatic heterocycles. The molecule has 0 saturated heterocycles. The molecule has 0 spiro atoms. The highest BCUT2D eigenvalue weighted by molar-refractivity contribution is 9.10. The molecule has 0 saturated carbocycles. The van der Waals surface area contributed by atoms with Gasteiger partial charge in [0.15, 0.2) is 6.61 Å². The van der Waals surface area contributed by atoms with Crippen LogP contribution in [0, 0.1) is 6.92 Å². The van der Waals surface area contributed by atoms with Gasteiger partial charge in [0.1, 0.15) is 0 Å². The van der Waals surface area contributed by atoms with Crippen LogP contribution in [0.5, 0.6) is 0 Å². The average molecular weight is 417 g/mol. The molecule has 1 N–H and O–H groups in total. The number of hydrogen-bond donors (Lipinski definition) is 1. The maximum Gasteiger partial charge on any atom is 0.340 e. The summed E-state index contributed by atoms with van der Waals surface area (Å²) in [5.41, 5.74) is 1.62. The summed E-state index contributed by atoms with van der Waals surface area (Å²) in [6.45, 7) is 1.45. The van der Waals surface area contributed by atoms with Gasteiger partial charge in [-0.05, 0) is 42.8 Å². The van der Waals surface area contributed by atoms with E-state index in [0.29, 0.717) is 15.2 Å². The number of hydrogen-bond acceptors (Lipinski definition) is 3. The Kier molecular flexibility index (Phi) is 6.04. The van der Waals surface area contributed by atoms with E-state index in [1.807, 2.05) is 13.0 Å². The van der Waals surface area contributed by atoms with Gasteiger partial charge in [0, 0.05) is 4.47 Å². The molecule has 2 rings (SSSR count). The smallest absolute Gasteiger partial charge is 0.340 e. The third-order valence-electron chi connectivity index (χ3n) is 2.88. The molecule has 0 bridgehead atoms. The van der Waals surface area contributed by atoms with E-state index in [1.54, 1.807) is 24.3 Å². The van der Waals surface area contributed by atoms with E-state index in [4.69, 9.17) is 27.9 Å². The Morgan fingerprint density at radius 3 is 2.57 bits per heavy atom. The molecule has 0 unspecified atom stereocenters. The van der Waals surface area contributed by atoms with E-state index in [-0.39, 0.29) is 10.6 Å². The van der Waals surface area contributed by atoms with Gasteiger partial charge in [-0.1, -0.05) is 45.2 Å². The zero-order valence-electron chi connectivity index (χ0n) is 12.0. The van der Waals surface area contributed by atoms with Gasteiger partial charge in [0.05, 0.1) is 21.3 Å². The second kappa shape index (κ2) is 7.81. The number of benzene rings is 2. The number of esters is 1. The van der Waals surface area contributed by atoms with Crippen molar-refractivity contribution in [2.45, 2.75) is 6.92 Å². The molecule has 0 heterocycles. The summed E-state index contributed by atoms with van der Waals surface area (Å²) in [6, 6.07) is 10.0. The molecule has 0 fully saturated rings. The number of carbonyl (C=O) groups excluding carboxylic acids is 2. The van der Waals surface area contributed by atoms with Crippen LogP contribution in [0.15, 0.2) is 40.9 Å². The topological polar surface area (TPSA) is 55.4 Å². The number of anilines is 1. The summed E-state index contributed by atoms with van der Waals surface area (Å²) in [5.74, 6) is -1.17. The predicted octanol–water partition coefficient (Wildman–Crippen LogP) is 4.86. The molecule has 0 aliphatic carbocycles. The Morgan fingerprint density at radius 2 is 1.87 bits per heavy atom. The third kappa shape index (κ3) is 4.96. The first-order chi connectivity index (χ1) is 10.9. The molecule has 4 nitrogen and oxygen atoms in total. The highest BCUT2D eigenvalue weighted by Gasteiger charge is 2.15. The Morgan fingerprint density at radius 1 is 1.13 bits per heavy atom. The van der Waals surface area contributed by atoms with E-state index in [2.05, 4.69) is 21.2 Å². The summed E-state index contributed by atoms with van der Waals surface area (Å²) in [5, 5.41) is 3.25. The van der Waals surface area contributed by atoms with Crippen LogP contribution >= 0.6 is 39.1 Å². The highest BCUT2D eigenvalue weighted by Crippen LogP contribution is 2.23. The second-order valence-electron chi connectivity index (χ2n) is 4.73. The van der Waals surface area contributed by atoms with Crippen molar-refractivity contribution in [1.29, 1.82) is 0 Å². The monoisotopic (exact) mass is 415 g/mol. The van der Waals surface area contributed by atoms with Crippen molar-refractivity contribution in [2.24, 2.45) is 0 Å². The molecule has 23 heavy (non-hydrogen) atoms. The van der Waals surface area contributed by atoms with E-state index >= 15 is 0 Å². The Hall–Kier alpha value is -1.56. The van der Waals surface area contributed by atoms with Gasteiger partial charge in [-0.2, -0.15) is 0 Å². The Labute approximate surface area is 151 Å². The summed E-state index contributed by atoms with van der Waals surface area (Å²) in [6.07, 6.45) is 0. The lowest BCUT2D eigenvalue weighted by molar-refractivity contribution is -0.119. The van der Waals surface area contributed by atoms with Crippen molar-refractivity contribution in [3.05, 3.63) is 62.0 Å². The maximum atomic E-state index is 12.0. The maximum absolute atomic E-state index is 12.0. The molecule has 2 aromatic rings. The van der Waals surface area contributed by atoms with Crippen LogP contribution in [0.2, 0.25) is 10.0 Å². The van der Waals surface area contributed by atoms with Crippen LogP contribution in [0.3, 0.4) is 0 Å². The first kappa shape index (κ1) is 17.8. The third-order valence-corrected chi connectivity index (χ3v) is 4.02. The quantitative estimate of drug-likeness (QED) is 0.724. The van der Waals surface area contributed by atoms with E-state index < -0.39 is 18.5 Å². The molecule has 0 aliphatic rings. The molecular weight excluding hydrogens is 405 g/mol. The number of rotatable bonds is 4. The largest absolute Gasteiger partial charge is 0.452 e. The predicted molar refractivity (Wildman–Crippen MR) is 94.3 cm³/mol. The van der Waals surface area contributed by atoms with Gasteiger partial charge in [-0.15, -0.1) is 0 Å². The normalized spacial score (nSPS) is 10.3. The lowest BCUT2D eigenvalue weighted by Crippen LogP contribution is -2.21. The molecule has 120 valence electrons. The highest BCUT2D eigenvalue weighted by atomic mass is 79.9. The summed E-state index contributed by atoms with van der Waals surface area (Å²) in [4.78, 5) is 23.8. The molecule has 0 atom stereocenters. The Balaban J connectivity index is 1.96. The Bertz CT molecular complexity index is 765. The molecule has 0 aromatic heterocycles. The first-order valence-corrected chi connectivity index (χ1v) is 8.10. The fourth-order valence-electron chi connectivity index (χ4n) is 1.77. The van der Waals surface area contributed by atoms with Crippen LogP contribution in [0.4, 0.5) is 5.69 Å². The molecule has 0 radical (unpaired) electrons. The summed E-state index contributed by atoms with van der Waals surface area (Å²) in [7, 11) is 0. The standard InChI is InChI=1S/C16H12BrCl2NO3/c1-9-2-5-14(13(19)6-9)20-15(21)8-23-16(22)11-7-10(17)3-4-12(11)18/h2-7H,8H2,1H3,(H,20,21). The van der Waals surface area contributed by atoms with Crippen LogP contribution < -0.4 is 5.32 Å². The lowest BCUT2D eigenvalue weighted by atomic mass is 10.2. The van der Waals surface area contributed by atoms with Crippen molar-refractivity contribution in [1.82, 2.24) is 0 Å². The SMILES string of the molecule is Cc1ccc(NC(=O)COC(=O)c2cc(Br)ccc2Cl)c(Cl)c1. The van der Waals surface area contributed by atoms with Gasteiger partial charge >= 0.3 is 5.97 Å². The summed E-state index contributed by atoms with van der Waals surface area (Å²) < 4.78 is 5.65. The van der Waals surface area contributed by atoms with E-state index in [9.17, 15) is 9.59 Å². The van der Waals surface area contributed by atoms with E-state index in [1.165, 1.54) is 6.07 Å². The van der Waals surface area contributed by atoms with Gasteiger partial charge in [0.2, 0.25) is 0 Å². The second-order valence-corrected chi connectivity index (χ2v) is 6.46. The van der Waals surface area contributed by atoms with Crippen molar-refractivity contribution >= 4 is 56.7 Å².